The fraction of sp³-hybridized carbons (Fsp3) is 0.429. The zero-order valence-electron chi connectivity index (χ0n) is 16.0. The molecule has 27 heavy (non-hydrogen) atoms. The molecule has 5 nitrogen and oxygen atoms in total. The van der Waals surface area contributed by atoms with Crippen molar-refractivity contribution in [2.45, 2.75) is 20.3 Å². The molecule has 2 aromatic rings. The van der Waals surface area contributed by atoms with E-state index in [0.717, 1.165) is 37.4 Å². The van der Waals surface area contributed by atoms with E-state index in [4.69, 9.17) is 0 Å². The maximum absolute atomic E-state index is 13.1. The van der Waals surface area contributed by atoms with Gasteiger partial charge in [0.1, 0.15) is 11.5 Å². The van der Waals surface area contributed by atoms with E-state index in [-0.39, 0.29) is 11.7 Å². The normalized spacial score (nSPS) is 14.5. The third kappa shape index (κ3) is 5.18. The van der Waals surface area contributed by atoms with Crippen molar-refractivity contribution >= 4 is 17.3 Å². The zero-order chi connectivity index (χ0) is 19.2. The first kappa shape index (κ1) is 19.1. The third-order valence-corrected chi connectivity index (χ3v) is 4.79. The van der Waals surface area contributed by atoms with E-state index >= 15 is 0 Å². The summed E-state index contributed by atoms with van der Waals surface area (Å²) in [5.41, 5.74) is 2.39. The third-order valence-electron chi connectivity index (χ3n) is 4.79. The van der Waals surface area contributed by atoms with Crippen LogP contribution in [0.3, 0.4) is 0 Å². The molecule has 1 aromatic carbocycles. The lowest BCUT2D eigenvalue weighted by Crippen LogP contribution is -2.49. The standard InChI is InChI=1S/C21H27FN4O/c1-16(2)7-9-23-18-8-10-24-20(15-18)21(27)26-13-11-25(12-14-26)19-5-3-17(22)4-6-19/h3-6,8,10,15-16H,7,9,11-14H2,1-2H3,(H,23,24). The molecule has 0 unspecified atom stereocenters. The van der Waals surface area contributed by atoms with Crippen molar-refractivity contribution in [1.29, 1.82) is 0 Å². The Morgan fingerprint density at radius 3 is 2.52 bits per heavy atom. The Hall–Kier alpha value is -2.63. The summed E-state index contributed by atoms with van der Waals surface area (Å²) in [5, 5.41) is 3.36. The van der Waals surface area contributed by atoms with Gasteiger partial charge in [-0.1, -0.05) is 13.8 Å². The van der Waals surface area contributed by atoms with Crippen molar-refractivity contribution < 1.29 is 9.18 Å². The van der Waals surface area contributed by atoms with Crippen molar-refractivity contribution in [3.05, 3.63) is 54.1 Å². The van der Waals surface area contributed by atoms with Gasteiger partial charge in [0.25, 0.3) is 5.91 Å². The molecular formula is C21H27FN4O. The van der Waals surface area contributed by atoms with Crippen molar-refractivity contribution in [2.24, 2.45) is 5.92 Å². The summed E-state index contributed by atoms with van der Waals surface area (Å²) in [6, 6.07) is 10.2. The van der Waals surface area contributed by atoms with Gasteiger partial charge in [-0.05, 0) is 48.7 Å². The molecular weight excluding hydrogens is 343 g/mol. The van der Waals surface area contributed by atoms with Crippen LogP contribution in [0.2, 0.25) is 0 Å². The molecule has 1 N–H and O–H groups in total. The van der Waals surface area contributed by atoms with E-state index in [1.807, 2.05) is 17.0 Å². The molecule has 0 radical (unpaired) electrons. The summed E-state index contributed by atoms with van der Waals surface area (Å²) in [4.78, 5) is 21.0. The predicted octanol–water partition coefficient (Wildman–Crippen LogP) is 3.64. The average molecular weight is 370 g/mol. The minimum Gasteiger partial charge on any atom is -0.385 e. The SMILES string of the molecule is CC(C)CCNc1ccnc(C(=O)N2CCN(c3ccc(F)cc3)CC2)c1. The molecule has 0 spiro atoms. The lowest BCUT2D eigenvalue weighted by Gasteiger charge is -2.36. The highest BCUT2D eigenvalue weighted by Crippen LogP contribution is 2.18. The summed E-state index contributed by atoms with van der Waals surface area (Å²) >= 11 is 0. The van der Waals surface area contributed by atoms with Crippen LogP contribution in [0.5, 0.6) is 0 Å². The molecule has 1 aliphatic heterocycles. The van der Waals surface area contributed by atoms with Crippen molar-refractivity contribution in [3.63, 3.8) is 0 Å². The molecule has 1 amide bonds. The maximum Gasteiger partial charge on any atom is 0.272 e. The van der Waals surface area contributed by atoms with Crippen LogP contribution in [-0.4, -0.2) is 48.5 Å². The number of aromatic nitrogens is 1. The molecule has 0 bridgehead atoms. The van der Waals surface area contributed by atoms with E-state index in [1.54, 1.807) is 18.3 Å². The monoisotopic (exact) mass is 370 g/mol. The lowest BCUT2D eigenvalue weighted by atomic mass is 10.1. The number of anilines is 2. The zero-order valence-corrected chi connectivity index (χ0v) is 16.0. The van der Waals surface area contributed by atoms with Gasteiger partial charge < -0.3 is 15.1 Å². The first-order valence-electron chi connectivity index (χ1n) is 9.52. The van der Waals surface area contributed by atoms with Crippen LogP contribution < -0.4 is 10.2 Å². The summed E-state index contributed by atoms with van der Waals surface area (Å²) in [6.45, 7) is 7.97. The number of hydrogen-bond acceptors (Lipinski definition) is 4. The number of halogens is 1. The van der Waals surface area contributed by atoms with Gasteiger partial charge in [0.2, 0.25) is 0 Å². The number of nitrogens with one attached hydrogen (secondary N) is 1. The fourth-order valence-electron chi connectivity index (χ4n) is 3.14. The quantitative estimate of drug-likeness (QED) is 0.843. The minimum atomic E-state index is -0.236. The molecule has 0 atom stereocenters. The highest BCUT2D eigenvalue weighted by Gasteiger charge is 2.23. The number of piperazine rings is 1. The summed E-state index contributed by atoms with van der Waals surface area (Å²) in [6.07, 6.45) is 2.76. The number of carbonyl (C=O) groups is 1. The molecule has 3 rings (SSSR count). The van der Waals surface area contributed by atoms with E-state index in [1.165, 1.54) is 12.1 Å². The molecule has 6 heteroatoms. The van der Waals surface area contributed by atoms with Crippen LogP contribution in [0.15, 0.2) is 42.6 Å². The highest BCUT2D eigenvalue weighted by molar-refractivity contribution is 5.93. The van der Waals surface area contributed by atoms with Crippen LogP contribution in [0.4, 0.5) is 15.8 Å². The van der Waals surface area contributed by atoms with Gasteiger partial charge in [-0.25, -0.2) is 4.39 Å². The Balaban J connectivity index is 1.56. The first-order valence-corrected chi connectivity index (χ1v) is 9.52. The number of pyridine rings is 1. The van der Waals surface area contributed by atoms with Crippen LogP contribution in [0.1, 0.15) is 30.8 Å². The number of carbonyl (C=O) groups excluding carboxylic acids is 1. The van der Waals surface area contributed by atoms with E-state index in [9.17, 15) is 9.18 Å². The summed E-state index contributed by atoms with van der Waals surface area (Å²) in [5.74, 6) is 0.361. The van der Waals surface area contributed by atoms with Gasteiger partial charge in [-0.3, -0.25) is 9.78 Å². The second-order valence-corrected chi connectivity index (χ2v) is 7.29. The Bertz CT molecular complexity index is 755. The van der Waals surface area contributed by atoms with E-state index < -0.39 is 0 Å². The van der Waals surface area contributed by atoms with Crippen molar-refractivity contribution in [2.75, 3.05) is 42.9 Å². The molecule has 1 saturated heterocycles. The van der Waals surface area contributed by atoms with Gasteiger partial charge in [0.05, 0.1) is 0 Å². The number of benzene rings is 1. The lowest BCUT2D eigenvalue weighted by molar-refractivity contribution is 0.0741. The summed E-state index contributed by atoms with van der Waals surface area (Å²) < 4.78 is 13.1. The van der Waals surface area contributed by atoms with E-state index in [0.29, 0.717) is 24.7 Å². The Morgan fingerprint density at radius 2 is 1.85 bits per heavy atom. The molecule has 1 fully saturated rings. The largest absolute Gasteiger partial charge is 0.385 e. The number of nitrogens with zero attached hydrogens (tertiary/aromatic N) is 3. The van der Waals surface area contributed by atoms with Crippen molar-refractivity contribution in [1.82, 2.24) is 9.88 Å². The maximum atomic E-state index is 13.1. The average Bonchev–Trinajstić information content (AvgIpc) is 2.68. The second-order valence-electron chi connectivity index (χ2n) is 7.29. The van der Waals surface area contributed by atoms with Crippen LogP contribution >= 0.6 is 0 Å². The van der Waals surface area contributed by atoms with Gasteiger partial charge in [0, 0.05) is 50.3 Å². The smallest absolute Gasteiger partial charge is 0.272 e. The van der Waals surface area contributed by atoms with Gasteiger partial charge in [-0.15, -0.1) is 0 Å². The first-order chi connectivity index (χ1) is 13.0. The van der Waals surface area contributed by atoms with Gasteiger partial charge in [-0.2, -0.15) is 0 Å². The summed E-state index contributed by atoms with van der Waals surface area (Å²) in [7, 11) is 0. The van der Waals surface area contributed by atoms with Crippen LogP contribution in [0.25, 0.3) is 0 Å². The molecule has 1 aromatic heterocycles. The number of hydrogen-bond donors (Lipinski definition) is 1. The van der Waals surface area contributed by atoms with E-state index in [2.05, 4.69) is 29.0 Å². The Morgan fingerprint density at radius 1 is 1.15 bits per heavy atom. The molecule has 0 saturated carbocycles. The second kappa shape index (κ2) is 8.84. The highest BCUT2D eigenvalue weighted by atomic mass is 19.1. The Labute approximate surface area is 160 Å². The predicted molar refractivity (Wildman–Crippen MR) is 107 cm³/mol. The van der Waals surface area contributed by atoms with Gasteiger partial charge >= 0.3 is 0 Å². The van der Waals surface area contributed by atoms with Crippen LogP contribution in [-0.2, 0) is 0 Å². The minimum absolute atomic E-state index is 0.0405. The molecule has 144 valence electrons. The molecule has 2 heterocycles. The number of amides is 1. The van der Waals surface area contributed by atoms with Crippen LogP contribution in [0, 0.1) is 11.7 Å². The Kier molecular flexibility index (Phi) is 6.27. The fourth-order valence-corrected chi connectivity index (χ4v) is 3.14. The van der Waals surface area contributed by atoms with Gasteiger partial charge in [0.15, 0.2) is 0 Å². The molecule has 1 aliphatic rings. The number of rotatable bonds is 6. The topological polar surface area (TPSA) is 48.5 Å². The van der Waals surface area contributed by atoms with Crippen molar-refractivity contribution in [3.8, 4) is 0 Å². The molecule has 0 aliphatic carbocycles.